The van der Waals surface area contributed by atoms with Gasteiger partial charge in [-0.15, -0.1) is 10.2 Å². The number of hydrogen-bond donors (Lipinski definition) is 1. The van der Waals surface area contributed by atoms with Gasteiger partial charge in [0.05, 0.1) is 0 Å². The normalized spacial score (nSPS) is 15.8. The summed E-state index contributed by atoms with van der Waals surface area (Å²) in [5.74, 6) is 0.272. The summed E-state index contributed by atoms with van der Waals surface area (Å²) in [4.78, 5) is 15.0. The number of carbonyl (C=O) groups excluding carboxylic acids is 1. The topological polar surface area (TPSA) is 63.1 Å². The molecule has 1 atom stereocenters. The molecule has 31 heavy (non-hydrogen) atoms. The molecule has 2 aromatic heterocycles. The van der Waals surface area contributed by atoms with Gasteiger partial charge in [0, 0.05) is 36.4 Å². The van der Waals surface area contributed by atoms with Gasteiger partial charge in [0.2, 0.25) is 16.2 Å². The van der Waals surface area contributed by atoms with Gasteiger partial charge in [-0.3, -0.25) is 9.36 Å². The summed E-state index contributed by atoms with van der Waals surface area (Å²) >= 11 is 1.62. The number of aryl methyl sites for hydroxylation is 3. The fourth-order valence-corrected chi connectivity index (χ4v) is 5.21. The minimum Gasteiger partial charge on any atom is -0.353 e. The van der Waals surface area contributed by atoms with Gasteiger partial charge < -0.3 is 10.2 Å². The minimum atomic E-state index is 0.0803. The van der Waals surface area contributed by atoms with Crippen molar-refractivity contribution in [2.45, 2.75) is 52.5 Å². The number of carbonyl (C=O) groups is 1. The third kappa shape index (κ3) is 5.15. The van der Waals surface area contributed by atoms with Crippen molar-refractivity contribution in [3.05, 3.63) is 59.4 Å². The molecular formula is C24H31N5OS. The maximum atomic E-state index is 12.7. The average Bonchev–Trinajstić information content (AvgIpc) is 3.39. The minimum absolute atomic E-state index is 0.0803. The molecule has 1 aromatic carbocycles. The maximum Gasteiger partial charge on any atom is 0.223 e. The first-order chi connectivity index (χ1) is 15.0. The van der Waals surface area contributed by atoms with Crippen LogP contribution in [0.2, 0.25) is 0 Å². The first-order valence-corrected chi connectivity index (χ1v) is 11.9. The molecule has 3 heterocycles. The predicted octanol–water partition coefficient (Wildman–Crippen LogP) is 4.30. The van der Waals surface area contributed by atoms with E-state index in [4.69, 9.17) is 0 Å². The molecule has 0 aliphatic carbocycles. The van der Waals surface area contributed by atoms with E-state index in [1.807, 2.05) is 6.07 Å². The highest BCUT2D eigenvalue weighted by molar-refractivity contribution is 7.17. The zero-order chi connectivity index (χ0) is 21.8. The van der Waals surface area contributed by atoms with Crippen molar-refractivity contribution in [2.75, 3.05) is 18.0 Å². The zero-order valence-electron chi connectivity index (χ0n) is 18.5. The monoisotopic (exact) mass is 437 g/mol. The number of hydrogen-bond acceptors (Lipinski definition) is 5. The fraction of sp³-hybridized carbons (Fsp3) is 0.458. The number of amides is 1. The Kier molecular flexibility index (Phi) is 6.70. The van der Waals surface area contributed by atoms with Gasteiger partial charge >= 0.3 is 0 Å². The van der Waals surface area contributed by atoms with Gasteiger partial charge in [-0.2, -0.15) is 0 Å². The third-order valence-corrected chi connectivity index (χ3v) is 7.07. The van der Waals surface area contributed by atoms with Crippen LogP contribution in [0.15, 0.2) is 42.5 Å². The zero-order valence-corrected chi connectivity index (χ0v) is 19.4. The molecule has 4 rings (SSSR count). The molecule has 0 spiro atoms. The van der Waals surface area contributed by atoms with Crippen molar-refractivity contribution in [1.82, 2.24) is 20.1 Å². The largest absolute Gasteiger partial charge is 0.353 e. The number of benzene rings is 1. The first-order valence-electron chi connectivity index (χ1n) is 11.1. The Morgan fingerprint density at radius 2 is 1.71 bits per heavy atom. The van der Waals surface area contributed by atoms with E-state index in [-0.39, 0.29) is 17.9 Å². The standard InChI is InChI=1S/C24H31N5OS/c1-17(9-12-20-7-5-4-6-8-20)25-22(30)21-13-15-28(16-14-21)23-26-27-24(31-23)29-18(2)10-11-19(29)3/h4-8,10-11,17,21H,9,12-16H2,1-3H3,(H,25,30)/t17-/m1/s1. The molecule has 0 bridgehead atoms. The highest BCUT2D eigenvalue weighted by Gasteiger charge is 2.27. The lowest BCUT2D eigenvalue weighted by molar-refractivity contribution is -0.126. The Morgan fingerprint density at radius 1 is 1.06 bits per heavy atom. The van der Waals surface area contributed by atoms with Crippen molar-refractivity contribution in [2.24, 2.45) is 5.92 Å². The molecule has 3 aromatic rings. The second-order valence-electron chi connectivity index (χ2n) is 8.51. The summed E-state index contributed by atoms with van der Waals surface area (Å²) in [6, 6.07) is 14.8. The van der Waals surface area contributed by atoms with Crippen molar-refractivity contribution < 1.29 is 4.79 Å². The number of rotatable bonds is 7. The highest BCUT2D eigenvalue weighted by Crippen LogP contribution is 2.29. The lowest BCUT2D eigenvalue weighted by Crippen LogP contribution is -2.43. The van der Waals surface area contributed by atoms with Crippen LogP contribution in [0.25, 0.3) is 5.13 Å². The number of anilines is 1. The van der Waals surface area contributed by atoms with Crippen molar-refractivity contribution in [3.63, 3.8) is 0 Å². The van der Waals surface area contributed by atoms with Gasteiger partial charge in [-0.25, -0.2) is 0 Å². The second kappa shape index (κ2) is 9.64. The van der Waals surface area contributed by atoms with E-state index in [1.54, 1.807) is 11.3 Å². The van der Waals surface area contributed by atoms with E-state index in [0.717, 1.165) is 60.4 Å². The number of nitrogens with one attached hydrogen (secondary N) is 1. The van der Waals surface area contributed by atoms with Crippen LogP contribution < -0.4 is 10.2 Å². The Hall–Kier alpha value is -2.67. The molecule has 164 valence electrons. The summed E-state index contributed by atoms with van der Waals surface area (Å²) < 4.78 is 2.14. The molecule has 1 saturated heterocycles. The summed E-state index contributed by atoms with van der Waals surface area (Å²) in [7, 11) is 0. The van der Waals surface area contributed by atoms with Gasteiger partial charge in [0.15, 0.2) is 0 Å². The molecule has 6 nitrogen and oxygen atoms in total. The molecule has 1 amide bonds. The molecule has 0 radical (unpaired) electrons. The van der Waals surface area contributed by atoms with Gasteiger partial charge in [-0.1, -0.05) is 41.7 Å². The van der Waals surface area contributed by atoms with E-state index < -0.39 is 0 Å². The molecular weight excluding hydrogens is 406 g/mol. The van der Waals surface area contributed by atoms with E-state index in [9.17, 15) is 4.79 Å². The van der Waals surface area contributed by atoms with Crippen LogP contribution in [0.4, 0.5) is 5.13 Å². The van der Waals surface area contributed by atoms with E-state index >= 15 is 0 Å². The van der Waals surface area contributed by atoms with Crippen LogP contribution in [0.5, 0.6) is 0 Å². The second-order valence-corrected chi connectivity index (χ2v) is 9.45. The van der Waals surface area contributed by atoms with Crippen molar-refractivity contribution >= 4 is 22.4 Å². The van der Waals surface area contributed by atoms with E-state index in [0.29, 0.717) is 0 Å². The summed E-state index contributed by atoms with van der Waals surface area (Å²) in [5, 5.41) is 13.9. The third-order valence-electron chi connectivity index (χ3n) is 6.10. The van der Waals surface area contributed by atoms with Crippen LogP contribution in [0, 0.1) is 19.8 Å². The smallest absolute Gasteiger partial charge is 0.223 e. The van der Waals surface area contributed by atoms with Crippen LogP contribution in [-0.4, -0.2) is 39.8 Å². The van der Waals surface area contributed by atoms with Crippen LogP contribution in [0.1, 0.15) is 43.1 Å². The molecule has 1 fully saturated rings. The Labute approximate surface area is 188 Å². The first kappa shape index (κ1) is 21.6. The number of nitrogens with zero attached hydrogens (tertiary/aromatic N) is 4. The Morgan fingerprint density at radius 3 is 2.39 bits per heavy atom. The van der Waals surface area contributed by atoms with Crippen molar-refractivity contribution in [3.8, 4) is 5.13 Å². The lowest BCUT2D eigenvalue weighted by Gasteiger charge is -2.31. The summed E-state index contributed by atoms with van der Waals surface area (Å²) in [6.07, 6.45) is 3.66. The number of piperidine rings is 1. The molecule has 1 N–H and O–H groups in total. The average molecular weight is 438 g/mol. The lowest BCUT2D eigenvalue weighted by atomic mass is 9.95. The fourth-order valence-electron chi connectivity index (χ4n) is 4.19. The summed E-state index contributed by atoms with van der Waals surface area (Å²) in [5.41, 5.74) is 3.65. The highest BCUT2D eigenvalue weighted by atomic mass is 32.1. The number of aromatic nitrogens is 3. The molecule has 0 unspecified atom stereocenters. The Balaban J connectivity index is 1.26. The van der Waals surface area contributed by atoms with Crippen LogP contribution in [0.3, 0.4) is 0 Å². The Bertz CT molecular complexity index is 985. The summed E-state index contributed by atoms with van der Waals surface area (Å²) in [6.45, 7) is 7.95. The molecule has 0 saturated carbocycles. The SMILES string of the molecule is Cc1ccc(C)n1-c1nnc(N2CCC(C(=O)N[C@H](C)CCc3ccccc3)CC2)s1. The van der Waals surface area contributed by atoms with Crippen molar-refractivity contribution in [1.29, 1.82) is 0 Å². The van der Waals surface area contributed by atoms with Gasteiger partial charge in [-0.05, 0) is 64.2 Å². The van der Waals surface area contributed by atoms with Crippen LogP contribution >= 0.6 is 11.3 Å². The van der Waals surface area contributed by atoms with E-state index in [2.05, 4.69) is 82.2 Å². The quantitative estimate of drug-likeness (QED) is 0.599. The van der Waals surface area contributed by atoms with Gasteiger partial charge in [0.25, 0.3) is 0 Å². The maximum absolute atomic E-state index is 12.7. The molecule has 1 aliphatic heterocycles. The molecule has 1 aliphatic rings. The van der Waals surface area contributed by atoms with Crippen LogP contribution in [-0.2, 0) is 11.2 Å². The van der Waals surface area contributed by atoms with E-state index in [1.165, 1.54) is 5.56 Å². The molecule has 7 heteroatoms. The van der Waals surface area contributed by atoms with Gasteiger partial charge in [0.1, 0.15) is 0 Å². The predicted molar refractivity (Wildman–Crippen MR) is 126 cm³/mol.